The van der Waals surface area contributed by atoms with E-state index < -0.39 is 0 Å². The van der Waals surface area contributed by atoms with Crippen molar-refractivity contribution >= 4 is 0 Å². The summed E-state index contributed by atoms with van der Waals surface area (Å²) in [6, 6.07) is 0. The van der Waals surface area contributed by atoms with E-state index in [1.54, 1.807) is 0 Å². The Hall–Kier alpha value is -0.0800. The second-order valence-electron chi connectivity index (χ2n) is 5.07. The van der Waals surface area contributed by atoms with E-state index in [0.29, 0.717) is 5.92 Å². The van der Waals surface area contributed by atoms with E-state index in [9.17, 15) is 0 Å². The normalized spacial score (nSPS) is 11.2. The van der Waals surface area contributed by atoms with Crippen molar-refractivity contribution in [2.45, 2.75) is 72.1 Å². The number of unbranched alkanes of at least 4 members (excludes halogenated alkanes) is 7. The Morgan fingerprint density at radius 3 is 2.00 bits per heavy atom. The van der Waals surface area contributed by atoms with E-state index in [1.807, 2.05) is 0 Å². The van der Waals surface area contributed by atoms with Gasteiger partial charge in [-0.2, -0.15) is 0 Å². The van der Waals surface area contributed by atoms with Crippen molar-refractivity contribution in [1.29, 1.82) is 0 Å². The first-order chi connectivity index (χ1) is 7.77. The minimum Gasteiger partial charge on any atom is -0.302 e. The Balaban J connectivity index is 2.88. The molecule has 0 aromatic rings. The van der Waals surface area contributed by atoms with Gasteiger partial charge in [-0.15, -0.1) is 0 Å². The van der Waals surface area contributed by atoms with Crippen LogP contribution in [0.4, 0.5) is 0 Å². The molecular formula is C14H31NO. The molecule has 0 fully saturated rings. The molecule has 0 saturated carbocycles. The summed E-state index contributed by atoms with van der Waals surface area (Å²) >= 11 is 0. The molecule has 0 bridgehead atoms. The summed E-state index contributed by atoms with van der Waals surface area (Å²) in [5.41, 5.74) is 3.03. The second-order valence-corrected chi connectivity index (χ2v) is 5.07. The maximum Gasteiger partial charge on any atom is 0.0705 e. The zero-order valence-corrected chi connectivity index (χ0v) is 11.6. The topological polar surface area (TPSA) is 21.3 Å². The predicted octanol–water partition coefficient (Wildman–Crippen LogP) is 4.30. The molecule has 0 aliphatic heterocycles. The van der Waals surface area contributed by atoms with Crippen LogP contribution in [0.2, 0.25) is 0 Å². The van der Waals surface area contributed by atoms with Gasteiger partial charge in [0.2, 0.25) is 0 Å². The lowest BCUT2D eigenvalue weighted by Gasteiger charge is -2.07. The summed E-state index contributed by atoms with van der Waals surface area (Å²) in [4.78, 5) is 5.30. The van der Waals surface area contributed by atoms with Gasteiger partial charge in [-0.3, -0.25) is 0 Å². The quantitative estimate of drug-likeness (QED) is 0.398. The number of hydroxylamine groups is 1. The fourth-order valence-electron chi connectivity index (χ4n) is 1.63. The molecular weight excluding hydrogens is 198 g/mol. The molecule has 0 amide bonds. The maximum absolute atomic E-state index is 5.30. The Kier molecular flexibility index (Phi) is 12.9. The first kappa shape index (κ1) is 15.9. The van der Waals surface area contributed by atoms with Crippen LogP contribution in [-0.2, 0) is 4.84 Å². The van der Waals surface area contributed by atoms with Gasteiger partial charge < -0.3 is 4.84 Å². The summed E-state index contributed by atoms with van der Waals surface area (Å²) in [5.74, 6) is 0.617. The van der Waals surface area contributed by atoms with Gasteiger partial charge in [0, 0.05) is 6.54 Å². The molecule has 16 heavy (non-hydrogen) atoms. The SMILES string of the molecule is CCCCCCCCCCNOCC(C)C. The third kappa shape index (κ3) is 13.9. The van der Waals surface area contributed by atoms with Crippen LogP contribution in [0.25, 0.3) is 0 Å². The van der Waals surface area contributed by atoms with Gasteiger partial charge in [-0.05, 0) is 12.3 Å². The van der Waals surface area contributed by atoms with Crippen LogP contribution < -0.4 is 5.48 Å². The first-order valence-corrected chi connectivity index (χ1v) is 7.12. The minimum atomic E-state index is 0.617. The average molecular weight is 229 g/mol. The first-order valence-electron chi connectivity index (χ1n) is 7.12. The van der Waals surface area contributed by atoms with E-state index in [2.05, 4.69) is 26.3 Å². The molecule has 98 valence electrons. The van der Waals surface area contributed by atoms with Crippen molar-refractivity contribution in [3.8, 4) is 0 Å². The summed E-state index contributed by atoms with van der Waals surface area (Å²) in [5, 5.41) is 0. The minimum absolute atomic E-state index is 0.617. The zero-order valence-electron chi connectivity index (χ0n) is 11.6. The average Bonchev–Trinajstić information content (AvgIpc) is 2.25. The number of hydrogen-bond donors (Lipinski definition) is 1. The molecule has 0 spiro atoms. The molecule has 0 atom stereocenters. The lowest BCUT2D eigenvalue weighted by molar-refractivity contribution is 0.0232. The van der Waals surface area contributed by atoms with Gasteiger partial charge in [-0.25, -0.2) is 5.48 Å². The van der Waals surface area contributed by atoms with Crippen LogP contribution >= 0.6 is 0 Å². The van der Waals surface area contributed by atoms with Crippen molar-refractivity contribution in [3.63, 3.8) is 0 Å². The molecule has 0 unspecified atom stereocenters. The molecule has 0 heterocycles. The van der Waals surface area contributed by atoms with Crippen LogP contribution in [0.5, 0.6) is 0 Å². The van der Waals surface area contributed by atoms with E-state index in [-0.39, 0.29) is 0 Å². The highest BCUT2D eigenvalue weighted by atomic mass is 16.6. The lowest BCUT2D eigenvalue weighted by Crippen LogP contribution is -2.18. The van der Waals surface area contributed by atoms with Crippen LogP contribution in [0.1, 0.15) is 72.1 Å². The van der Waals surface area contributed by atoms with Gasteiger partial charge in [0.1, 0.15) is 0 Å². The van der Waals surface area contributed by atoms with Crippen molar-refractivity contribution in [2.24, 2.45) is 5.92 Å². The molecule has 0 aromatic carbocycles. The highest BCUT2D eigenvalue weighted by molar-refractivity contribution is 4.46. The van der Waals surface area contributed by atoms with Crippen molar-refractivity contribution < 1.29 is 4.84 Å². The number of nitrogens with one attached hydrogen (secondary N) is 1. The fourth-order valence-corrected chi connectivity index (χ4v) is 1.63. The van der Waals surface area contributed by atoms with Crippen molar-refractivity contribution in [2.75, 3.05) is 13.2 Å². The second kappa shape index (κ2) is 13.0. The largest absolute Gasteiger partial charge is 0.302 e. The van der Waals surface area contributed by atoms with E-state index >= 15 is 0 Å². The molecule has 0 aromatic heterocycles. The van der Waals surface area contributed by atoms with Crippen LogP contribution in [0.3, 0.4) is 0 Å². The predicted molar refractivity (Wildman–Crippen MR) is 71.4 cm³/mol. The molecule has 0 aliphatic carbocycles. The van der Waals surface area contributed by atoms with Crippen molar-refractivity contribution in [1.82, 2.24) is 5.48 Å². The van der Waals surface area contributed by atoms with Crippen LogP contribution in [-0.4, -0.2) is 13.2 Å². The van der Waals surface area contributed by atoms with Gasteiger partial charge in [0.15, 0.2) is 0 Å². The molecule has 0 radical (unpaired) electrons. The summed E-state index contributed by atoms with van der Waals surface area (Å²) in [6.07, 6.45) is 11.0. The highest BCUT2D eigenvalue weighted by Gasteiger charge is 1.94. The van der Waals surface area contributed by atoms with E-state index in [0.717, 1.165) is 13.2 Å². The number of hydrogen-bond acceptors (Lipinski definition) is 2. The molecule has 1 N–H and O–H groups in total. The van der Waals surface area contributed by atoms with Crippen LogP contribution in [0.15, 0.2) is 0 Å². The standard InChI is InChI=1S/C14H31NO/c1-4-5-6-7-8-9-10-11-12-15-16-13-14(2)3/h14-15H,4-13H2,1-3H3. The Morgan fingerprint density at radius 2 is 1.44 bits per heavy atom. The van der Waals surface area contributed by atoms with Gasteiger partial charge in [0.05, 0.1) is 6.61 Å². The maximum atomic E-state index is 5.30. The van der Waals surface area contributed by atoms with Gasteiger partial charge >= 0.3 is 0 Å². The smallest absolute Gasteiger partial charge is 0.0705 e. The molecule has 0 aliphatic rings. The van der Waals surface area contributed by atoms with Gasteiger partial charge in [-0.1, -0.05) is 65.7 Å². The molecule has 0 saturated heterocycles. The van der Waals surface area contributed by atoms with Crippen LogP contribution in [0, 0.1) is 5.92 Å². The summed E-state index contributed by atoms with van der Waals surface area (Å²) in [6.45, 7) is 8.41. The summed E-state index contributed by atoms with van der Waals surface area (Å²) < 4.78 is 0. The lowest BCUT2D eigenvalue weighted by atomic mass is 10.1. The number of rotatable bonds is 12. The Labute approximate surface area is 102 Å². The van der Waals surface area contributed by atoms with E-state index in [4.69, 9.17) is 4.84 Å². The Morgan fingerprint density at radius 1 is 0.875 bits per heavy atom. The van der Waals surface area contributed by atoms with E-state index in [1.165, 1.54) is 51.4 Å². The highest BCUT2D eigenvalue weighted by Crippen LogP contribution is 2.07. The summed E-state index contributed by atoms with van der Waals surface area (Å²) in [7, 11) is 0. The zero-order chi connectivity index (χ0) is 12.1. The fraction of sp³-hybridized carbons (Fsp3) is 1.00. The molecule has 2 heteroatoms. The monoisotopic (exact) mass is 229 g/mol. The third-order valence-electron chi connectivity index (χ3n) is 2.65. The van der Waals surface area contributed by atoms with Gasteiger partial charge in [0.25, 0.3) is 0 Å². The Bertz CT molecular complexity index is 126. The third-order valence-corrected chi connectivity index (χ3v) is 2.65. The molecule has 2 nitrogen and oxygen atoms in total. The molecule has 0 rings (SSSR count). The van der Waals surface area contributed by atoms with Crippen molar-refractivity contribution in [3.05, 3.63) is 0 Å².